The van der Waals surface area contributed by atoms with Gasteiger partial charge in [-0.05, 0) is 59.7 Å². The van der Waals surface area contributed by atoms with E-state index in [2.05, 4.69) is 10.4 Å². The van der Waals surface area contributed by atoms with Crippen molar-refractivity contribution in [3.8, 4) is 0 Å². The standard InChI is InChI=1S/C25H20ClF3N4O4S/c1-37-23(35)19-9-17(11-30-19)33-22(34)21(38-24(33)36)7-13-2-5-20-15(6-13)10-31-32(20)12-14-3-4-16(26)8-18(14)25(27,28)29/h2-8,10,17,19,30H,9,11-12H2,1H3/t17-,19+/m1/s1. The summed E-state index contributed by atoms with van der Waals surface area (Å²) in [6.07, 6.45) is -1.18. The van der Waals surface area contributed by atoms with Gasteiger partial charge in [-0.3, -0.25) is 24.0 Å². The first-order chi connectivity index (χ1) is 18.0. The molecule has 0 bridgehead atoms. The van der Waals surface area contributed by atoms with Crippen molar-refractivity contribution in [1.29, 1.82) is 0 Å². The van der Waals surface area contributed by atoms with E-state index >= 15 is 0 Å². The van der Waals surface area contributed by atoms with Gasteiger partial charge in [0.15, 0.2) is 0 Å². The fourth-order valence-electron chi connectivity index (χ4n) is 4.61. The Bertz CT molecular complexity index is 1490. The van der Waals surface area contributed by atoms with Crippen LogP contribution in [-0.4, -0.2) is 57.5 Å². The fourth-order valence-corrected chi connectivity index (χ4v) is 5.69. The Hall–Kier alpha value is -3.35. The number of rotatable bonds is 5. The summed E-state index contributed by atoms with van der Waals surface area (Å²) in [7, 11) is 1.28. The average molecular weight is 565 g/mol. The molecule has 5 rings (SSSR count). The molecule has 0 unspecified atom stereocenters. The number of carbonyl (C=O) groups excluding carboxylic acids is 3. The van der Waals surface area contributed by atoms with Crippen LogP contribution in [0.15, 0.2) is 47.5 Å². The third kappa shape index (κ3) is 5.03. The molecule has 3 heterocycles. The van der Waals surface area contributed by atoms with Gasteiger partial charge < -0.3 is 10.1 Å². The van der Waals surface area contributed by atoms with E-state index in [0.29, 0.717) is 23.0 Å². The zero-order chi connectivity index (χ0) is 27.2. The van der Waals surface area contributed by atoms with Crippen LogP contribution in [0.2, 0.25) is 5.02 Å². The maximum Gasteiger partial charge on any atom is 0.416 e. The molecule has 38 heavy (non-hydrogen) atoms. The average Bonchev–Trinajstić information content (AvgIpc) is 3.57. The van der Waals surface area contributed by atoms with Crippen molar-refractivity contribution in [1.82, 2.24) is 20.0 Å². The van der Waals surface area contributed by atoms with Crippen molar-refractivity contribution in [2.24, 2.45) is 0 Å². The van der Waals surface area contributed by atoms with Gasteiger partial charge in [-0.2, -0.15) is 18.3 Å². The van der Waals surface area contributed by atoms with Crippen LogP contribution in [0.1, 0.15) is 23.1 Å². The van der Waals surface area contributed by atoms with E-state index in [-0.39, 0.29) is 28.5 Å². The van der Waals surface area contributed by atoms with Gasteiger partial charge in [-0.25, -0.2) is 0 Å². The Morgan fingerprint density at radius 2 is 2.05 bits per heavy atom. The predicted octanol–water partition coefficient (Wildman–Crippen LogP) is 4.70. The van der Waals surface area contributed by atoms with Crippen LogP contribution in [0.5, 0.6) is 0 Å². The molecular formula is C25H20ClF3N4O4S. The summed E-state index contributed by atoms with van der Waals surface area (Å²) >= 11 is 6.59. The first kappa shape index (κ1) is 26.3. The van der Waals surface area contributed by atoms with E-state index < -0.39 is 40.9 Å². The Morgan fingerprint density at radius 1 is 1.26 bits per heavy atom. The first-order valence-electron chi connectivity index (χ1n) is 11.4. The number of ether oxygens (including phenoxy) is 1. The first-order valence-corrected chi connectivity index (χ1v) is 12.6. The highest BCUT2D eigenvalue weighted by Gasteiger charge is 2.44. The molecule has 2 amide bonds. The van der Waals surface area contributed by atoms with Crippen molar-refractivity contribution in [3.05, 3.63) is 69.2 Å². The second-order valence-electron chi connectivity index (χ2n) is 8.84. The molecule has 0 spiro atoms. The molecule has 0 saturated carbocycles. The minimum Gasteiger partial charge on any atom is -0.468 e. The van der Waals surface area contributed by atoms with Gasteiger partial charge in [0.2, 0.25) is 0 Å². The van der Waals surface area contributed by atoms with Crippen molar-refractivity contribution >= 4 is 57.5 Å². The highest BCUT2D eigenvalue weighted by molar-refractivity contribution is 8.18. The lowest BCUT2D eigenvalue weighted by Gasteiger charge is -2.19. The Morgan fingerprint density at radius 3 is 2.79 bits per heavy atom. The molecule has 2 saturated heterocycles. The number of hydrogen-bond acceptors (Lipinski definition) is 7. The minimum atomic E-state index is -4.56. The number of halogens is 4. The van der Waals surface area contributed by atoms with E-state index in [0.717, 1.165) is 22.7 Å². The second-order valence-corrected chi connectivity index (χ2v) is 10.3. The molecule has 2 fully saturated rings. The molecule has 0 radical (unpaired) electrons. The summed E-state index contributed by atoms with van der Waals surface area (Å²) in [6, 6.07) is 7.72. The van der Waals surface area contributed by atoms with E-state index in [9.17, 15) is 27.6 Å². The normalized spacial score (nSPS) is 21.2. The lowest BCUT2D eigenvalue weighted by molar-refractivity contribution is -0.143. The molecule has 2 aliphatic rings. The van der Waals surface area contributed by atoms with Gasteiger partial charge in [0, 0.05) is 17.0 Å². The summed E-state index contributed by atoms with van der Waals surface area (Å²) in [5, 5.41) is 7.44. The van der Waals surface area contributed by atoms with Crippen molar-refractivity contribution < 1.29 is 32.3 Å². The molecule has 8 nitrogen and oxygen atoms in total. The number of nitrogens with zero attached hydrogens (tertiary/aromatic N) is 3. The summed E-state index contributed by atoms with van der Waals surface area (Å²) in [4.78, 5) is 38.8. The topological polar surface area (TPSA) is 93.5 Å². The van der Waals surface area contributed by atoms with Crippen LogP contribution >= 0.6 is 23.4 Å². The number of benzene rings is 2. The van der Waals surface area contributed by atoms with Gasteiger partial charge in [0.25, 0.3) is 11.1 Å². The molecule has 0 aliphatic carbocycles. The Labute approximate surface area is 223 Å². The largest absolute Gasteiger partial charge is 0.468 e. The number of alkyl halides is 3. The van der Waals surface area contributed by atoms with Crippen molar-refractivity contribution in [3.63, 3.8) is 0 Å². The summed E-state index contributed by atoms with van der Waals surface area (Å²) in [5.74, 6) is -0.898. The molecule has 1 N–H and O–H groups in total. The zero-order valence-corrected chi connectivity index (χ0v) is 21.4. The van der Waals surface area contributed by atoms with Gasteiger partial charge in [-0.15, -0.1) is 0 Å². The summed E-state index contributed by atoms with van der Waals surface area (Å²) in [5.41, 5.74) is 0.433. The smallest absolute Gasteiger partial charge is 0.416 e. The van der Waals surface area contributed by atoms with Crippen LogP contribution in [0, 0.1) is 0 Å². The van der Waals surface area contributed by atoms with E-state index in [1.165, 1.54) is 30.1 Å². The number of hydrogen-bond donors (Lipinski definition) is 1. The van der Waals surface area contributed by atoms with Crippen LogP contribution in [0.25, 0.3) is 17.0 Å². The highest BCUT2D eigenvalue weighted by Crippen LogP contribution is 2.36. The Kier molecular flexibility index (Phi) is 6.97. The minimum absolute atomic E-state index is 0.00655. The van der Waals surface area contributed by atoms with Crippen LogP contribution < -0.4 is 5.32 Å². The summed E-state index contributed by atoms with van der Waals surface area (Å²) < 4.78 is 46.7. The molecule has 1 aromatic heterocycles. The van der Waals surface area contributed by atoms with Crippen molar-refractivity contribution in [2.75, 3.05) is 13.7 Å². The van der Waals surface area contributed by atoms with Gasteiger partial charge in [0.1, 0.15) is 6.04 Å². The second kappa shape index (κ2) is 10.1. The van der Waals surface area contributed by atoms with Crippen LogP contribution in [0.3, 0.4) is 0 Å². The quantitative estimate of drug-likeness (QED) is 0.355. The van der Waals surface area contributed by atoms with Crippen LogP contribution in [0.4, 0.5) is 18.0 Å². The van der Waals surface area contributed by atoms with Gasteiger partial charge >= 0.3 is 12.1 Å². The molecule has 2 aliphatic heterocycles. The number of imide groups is 1. The number of thioether (sulfide) groups is 1. The Balaban J connectivity index is 1.36. The molecule has 13 heteroatoms. The van der Waals surface area contributed by atoms with Gasteiger partial charge in [-0.1, -0.05) is 23.7 Å². The predicted molar refractivity (Wildman–Crippen MR) is 135 cm³/mol. The van der Waals surface area contributed by atoms with Crippen LogP contribution in [-0.2, 0) is 27.0 Å². The lowest BCUT2D eigenvalue weighted by Crippen LogP contribution is -2.39. The molecule has 198 valence electrons. The number of methoxy groups -OCH3 is 1. The van der Waals surface area contributed by atoms with E-state index in [1.807, 2.05) is 0 Å². The van der Waals surface area contributed by atoms with Gasteiger partial charge in [0.05, 0.1) is 41.9 Å². The highest BCUT2D eigenvalue weighted by atomic mass is 35.5. The number of aromatic nitrogens is 2. The number of nitrogens with one attached hydrogen (secondary N) is 1. The molecule has 3 aromatic rings. The molecule has 2 aromatic carbocycles. The van der Waals surface area contributed by atoms with Crippen molar-refractivity contribution in [2.45, 2.75) is 31.2 Å². The molecular weight excluding hydrogens is 545 g/mol. The monoisotopic (exact) mass is 564 g/mol. The molecule has 2 atom stereocenters. The SMILES string of the molecule is COC(=O)[C@@H]1C[C@@H](N2C(=O)SC(=Cc3ccc4c(cnn4Cc4ccc(Cl)cc4C(F)(F)F)c3)C2=O)CN1. The van der Waals surface area contributed by atoms with E-state index in [4.69, 9.17) is 16.3 Å². The summed E-state index contributed by atoms with van der Waals surface area (Å²) in [6.45, 7) is 0.176. The number of carbonyl (C=O) groups is 3. The third-order valence-electron chi connectivity index (χ3n) is 6.44. The lowest BCUT2D eigenvalue weighted by atomic mass is 10.1. The number of fused-ring (bicyclic) bond motifs is 1. The van der Waals surface area contributed by atoms with E-state index in [1.54, 1.807) is 24.3 Å². The number of esters is 1. The number of amides is 2. The fraction of sp³-hybridized carbons (Fsp3) is 0.280. The zero-order valence-electron chi connectivity index (χ0n) is 19.8. The maximum atomic E-state index is 13.5. The maximum absolute atomic E-state index is 13.5. The third-order valence-corrected chi connectivity index (χ3v) is 7.56.